The summed E-state index contributed by atoms with van der Waals surface area (Å²) in [6.45, 7) is 5.63. The Morgan fingerprint density at radius 2 is 1.68 bits per heavy atom. The summed E-state index contributed by atoms with van der Waals surface area (Å²) in [7, 11) is 1.96. The number of nitrogens with zero attached hydrogens (tertiary/aromatic N) is 1. The summed E-state index contributed by atoms with van der Waals surface area (Å²) >= 11 is 0. The second-order valence-electron chi connectivity index (χ2n) is 6.61. The van der Waals surface area contributed by atoms with Crippen molar-refractivity contribution in [2.24, 2.45) is 7.05 Å². The van der Waals surface area contributed by atoms with Crippen LogP contribution in [-0.4, -0.2) is 0 Å². The van der Waals surface area contributed by atoms with Crippen LogP contribution in [0.15, 0.2) is 40.9 Å². The van der Waals surface area contributed by atoms with Crippen molar-refractivity contribution in [1.29, 1.82) is 0 Å². The van der Waals surface area contributed by atoms with Gasteiger partial charge in [-0.2, -0.15) is 0 Å². The van der Waals surface area contributed by atoms with E-state index in [1.54, 1.807) is 6.92 Å². The molecule has 0 saturated carbocycles. The second kappa shape index (κ2) is 5.38. The molecule has 0 saturated heterocycles. The molecule has 25 heavy (non-hydrogen) atoms. The van der Waals surface area contributed by atoms with Gasteiger partial charge in [0.25, 0.3) is 0 Å². The molecule has 0 atom stereocenters. The molecule has 0 aliphatic heterocycles. The summed E-state index contributed by atoms with van der Waals surface area (Å²) in [5.74, 6) is -1.19. The Kier molecular flexibility index (Phi) is 3.39. The molecule has 0 spiro atoms. The van der Waals surface area contributed by atoms with Gasteiger partial charge in [0.2, 0.25) is 5.69 Å². The maximum absolute atomic E-state index is 14.5. The molecule has 2 aromatic carbocycles. The first-order chi connectivity index (χ1) is 11.9. The van der Waals surface area contributed by atoms with Crippen LogP contribution in [0.2, 0.25) is 0 Å². The van der Waals surface area contributed by atoms with Crippen LogP contribution in [0.4, 0.5) is 8.78 Å². The summed E-state index contributed by atoms with van der Waals surface area (Å²) in [6, 6.07) is 8.82. The molecule has 126 valence electrons. The Balaban J connectivity index is 2.21. The Labute approximate surface area is 144 Å². The first-order valence-electron chi connectivity index (χ1n) is 8.15. The van der Waals surface area contributed by atoms with Gasteiger partial charge in [0.05, 0.1) is 10.9 Å². The molecule has 0 N–H and O–H groups in total. The van der Waals surface area contributed by atoms with Crippen molar-refractivity contribution in [2.75, 3.05) is 0 Å². The summed E-state index contributed by atoms with van der Waals surface area (Å²) in [4.78, 5) is 0. The standard InChI is InChI=1S/C21H18F2NO/c1-11-7-8-24(4)17(9-11)18-12(2)5-6-14-19-16(23)10-15(22)13(3)20(19)25-21(14)18/h5-10H,1-4H3/q+1. The number of furan rings is 1. The molecular formula is C21H18F2NO+. The van der Waals surface area contributed by atoms with E-state index >= 15 is 0 Å². The van der Waals surface area contributed by atoms with E-state index in [0.29, 0.717) is 21.9 Å². The lowest BCUT2D eigenvalue weighted by Crippen LogP contribution is -2.30. The highest BCUT2D eigenvalue weighted by Gasteiger charge is 2.23. The van der Waals surface area contributed by atoms with Gasteiger partial charge in [0, 0.05) is 29.1 Å². The zero-order chi connectivity index (χ0) is 17.9. The Morgan fingerprint density at radius 1 is 0.920 bits per heavy atom. The van der Waals surface area contributed by atoms with Crippen LogP contribution in [0.5, 0.6) is 0 Å². The number of hydrogen-bond donors (Lipinski definition) is 0. The predicted molar refractivity (Wildman–Crippen MR) is 94.5 cm³/mol. The smallest absolute Gasteiger partial charge is 0.216 e. The minimum Gasteiger partial charge on any atom is -0.455 e. The van der Waals surface area contributed by atoms with E-state index in [4.69, 9.17) is 4.42 Å². The van der Waals surface area contributed by atoms with E-state index in [1.807, 2.05) is 49.9 Å². The van der Waals surface area contributed by atoms with E-state index in [2.05, 4.69) is 6.07 Å². The zero-order valence-corrected chi connectivity index (χ0v) is 14.6. The number of rotatable bonds is 1. The molecule has 0 bridgehead atoms. The first-order valence-corrected chi connectivity index (χ1v) is 8.15. The predicted octanol–water partition coefficient (Wildman–Crippen LogP) is 5.28. The van der Waals surface area contributed by atoms with Crippen LogP contribution >= 0.6 is 0 Å². The highest BCUT2D eigenvalue weighted by molar-refractivity contribution is 6.10. The average molecular weight is 338 g/mol. The number of fused-ring (bicyclic) bond motifs is 3. The molecule has 4 rings (SSSR count). The lowest BCUT2D eigenvalue weighted by atomic mass is 9.99. The number of halogens is 2. The summed E-state index contributed by atoms with van der Waals surface area (Å²) < 4.78 is 36.4. The fourth-order valence-electron chi connectivity index (χ4n) is 3.40. The molecule has 2 heterocycles. The summed E-state index contributed by atoms with van der Waals surface area (Å²) in [5.41, 5.74) is 5.20. The van der Waals surface area contributed by atoms with Crippen LogP contribution in [0.1, 0.15) is 16.7 Å². The molecule has 0 aliphatic carbocycles. The van der Waals surface area contributed by atoms with Crippen LogP contribution < -0.4 is 4.57 Å². The van der Waals surface area contributed by atoms with Crippen molar-refractivity contribution in [1.82, 2.24) is 0 Å². The maximum Gasteiger partial charge on any atom is 0.216 e. The SMILES string of the molecule is Cc1cc[n+](C)c(-c2c(C)ccc3c2oc2c(C)c(F)cc(F)c23)c1. The van der Waals surface area contributed by atoms with Crippen molar-refractivity contribution in [3.8, 4) is 11.3 Å². The van der Waals surface area contributed by atoms with E-state index in [-0.39, 0.29) is 5.58 Å². The summed E-state index contributed by atoms with van der Waals surface area (Å²) in [5, 5.41) is 1.00. The lowest BCUT2D eigenvalue weighted by Gasteiger charge is -2.06. The van der Waals surface area contributed by atoms with Gasteiger partial charge in [-0.3, -0.25) is 0 Å². The minimum atomic E-state index is -0.597. The fraction of sp³-hybridized carbons (Fsp3) is 0.190. The topological polar surface area (TPSA) is 17.0 Å². The molecule has 0 amide bonds. The van der Waals surface area contributed by atoms with Gasteiger partial charge >= 0.3 is 0 Å². The van der Waals surface area contributed by atoms with Gasteiger partial charge in [-0.05, 0) is 31.9 Å². The Bertz CT molecular complexity index is 1160. The van der Waals surface area contributed by atoms with Gasteiger partial charge in [-0.15, -0.1) is 0 Å². The Morgan fingerprint density at radius 3 is 2.44 bits per heavy atom. The van der Waals surface area contributed by atoms with Crippen LogP contribution in [0.25, 0.3) is 33.2 Å². The van der Waals surface area contributed by atoms with E-state index in [9.17, 15) is 8.78 Å². The third kappa shape index (κ3) is 2.24. The third-order valence-corrected chi connectivity index (χ3v) is 4.82. The van der Waals surface area contributed by atoms with Crippen molar-refractivity contribution in [3.63, 3.8) is 0 Å². The molecule has 0 radical (unpaired) electrons. The molecule has 4 aromatic rings. The van der Waals surface area contributed by atoms with E-state index in [1.165, 1.54) is 0 Å². The largest absolute Gasteiger partial charge is 0.455 e. The molecule has 0 fully saturated rings. The summed E-state index contributed by atoms with van der Waals surface area (Å²) in [6.07, 6.45) is 1.98. The van der Waals surface area contributed by atoms with E-state index in [0.717, 1.165) is 28.5 Å². The fourth-order valence-corrected chi connectivity index (χ4v) is 3.40. The van der Waals surface area contributed by atoms with Crippen molar-refractivity contribution >= 4 is 21.9 Å². The van der Waals surface area contributed by atoms with Gasteiger partial charge < -0.3 is 4.42 Å². The number of benzene rings is 2. The van der Waals surface area contributed by atoms with Gasteiger partial charge in [0.15, 0.2) is 6.20 Å². The normalized spacial score (nSPS) is 11.6. The quantitative estimate of drug-likeness (QED) is 0.432. The maximum atomic E-state index is 14.5. The average Bonchev–Trinajstić information content (AvgIpc) is 2.95. The lowest BCUT2D eigenvalue weighted by molar-refractivity contribution is -0.660. The number of hydrogen-bond acceptors (Lipinski definition) is 1. The molecule has 0 aliphatic rings. The van der Waals surface area contributed by atoms with Crippen LogP contribution in [-0.2, 0) is 7.05 Å². The number of aromatic nitrogens is 1. The van der Waals surface area contributed by atoms with Crippen molar-refractivity contribution in [3.05, 3.63) is 64.9 Å². The highest BCUT2D eigenvalue weighted by Crippen LogP contribution is 2.39. The molecular weight excluding hydrogens is 320 g/mol. The number of pyridine rings is 1. The van der Waals surface area contributed by atoms with Crippen molar-refractivity contribution < 1.29 is 17.8 Å². The minimum absolute atomic E-state index is 0.273. The Hall–Kier alpha value is -2.75. The molecule has 4 heteroatoms. The van der Waals surface area contributed by atoms with E-state index < -0.39 is 11.6 Å². The van der Waals surface area contributed by atoms with Gasteiger partial charge in [-0.1, -0.05) is 12.1 Å². The third-order valence-electron chi connectivity index (χ3n) is 4.82. The number of aryl methyl sites for hydroxylation is 4. The van der Waals surface area contributed by atoms with Crippen molar-refractivity contribution in [2.45, 2.75) is 20.8 Å². The van der Waals surface area contributed by atoms with Gasteiger partial charge in [-0.25, -0.2) is 13.3 Å². The second-order valence-corrected chi connectivity index (χ2v) is 6.61. The zero-order valence-electron chi connectivity index (χ0n) is 14.6. The van der Waals surface area contributed by atoms with Gasteiger partial charge in [0.1, 0.15) is 29.8 Å². The van der Waals surface area contributed by atoms with Crippen LogP contribution in [0, 0.1) is 32.4 Å². The monoisotopic (exact) mass is 338 g/mol. The molecule has 2 aromatic heterocycles. The molecule has 0 unspecified atom stereocenters. The highest BCUT2D eigenvalue weighted by atomic mass is 19.1. The van der Waals surface area contributed by atoms with Crippen LogP contribution in [0.3, 0.4) is 0 Å². The molecule has 2 nitrogen and oxygen atoms in total. The first kappa shape index (κ1) is 15.8.